The minimum Gasteiger partial charge on any atom is -0.380 e. The minimum absolute atomic E-state index is 0.0262. The fourth-order valence-electron chi connectivity index (χ4n) is 7.05. The van der Waals surface area contributed by atoms with Crippen molar-refractivity contribution in [1.29, 1.82) is 5.26 Å². The highest BCUT2D eigenvalue weighted by molar-refractivity contribution is 5.95. The van der Waals surface area contributed by atoms with Gasteiger partial charge in [0.15, 0.2) is 0 Å². The van der Waals surface area contributed by atoms with E-state index in [-0.39, 0.29) is 17.9 Å². The molecule has 2 aromatic rings. The third kappa shape index (κ3) is 5.10. The SMILES string of the molecule is N#CC1Cc2cc(-c3ccc(C(=O)N4CCN(C(=O)C5(O)CCC5)CC4)cc3)ccc2N1C1CCCCCCC1. The average Bonchev–Trinajstić information content (AvgIpc) is 3.33. The van der Waals surface area contributed by atoms with Crippen molar-refractivity contribution in [2.75, 3.05) is 31.1 Å². The molecule has 2 heterocycles. The molecule has 6 rings (SSSR count). The van der Waals surface area contributed by atoms with E-state index in [1.165, 1.54) is 56.2 Å². The predicted molar refractivity (Wildman–Crippen MR) is 155 cm³/mol. The summed E-state index contributed by atoms with van der Waals surface area (Å²) >= 11 is 0. The molecule has 0 spiro atoms. The lowest BCUT2D eigenvalue weighted by atomic mass is 9.79. The number of nitrogens with zero attached hydrogens (tertiary/aromatic N) is 4. The van der Waals surface area contributed by atoms with Crippen LogP contribution in [0.1, 0.15) is 80.1 Å². The van der Waals surface area contributed by atoms with Crippen molar-refractivity contribution in [3.8, 4) is 17.2 Å². The number of carbonyl (C=O) groups excluding carboxylic acids is 2. The van der Waals surface area contributed by atoms with Crippen LogP contribution in [0, 0.1) is 11.3 Å². The summed E-state index contributed by atoms with van der Waals surface area (Å²) in [7, 11) is 0. The molecular weight excluding hydrogens is 500 g/mol. The molecule has 0 bridgehead atoms. The number of benzene rings is 2. The van der Waals surface area contributed by atoms with Crippen molar-refractivity contribution in [2.45, 2.75) is 88.3 Å². The molecular formula is C33H40N4O3. The number of nitriles is 1. The number of anilines is 1. The molecule has 210 valence electrons. The van der Waals surface area contributed by atoms with E-state index in [1.807, 2.05) is 24.3 Å². The van der Waals surface area contributed by atoms with Gasteiger partial charge in [0, 0.05) is 49.9 Å². The van der Waals surface area contributed by atoms with E-state index in [0.717, 1.165) is 24.0 Å². The van der Waals surface area contributed by atoms with E-state index < -0.39 is 5.60 Å². The Morgan fingerprint density at radius 3 is 2.08 bits per heavy atom. The molecule has 1 atom stereocenters. The zero-order valence-corrected chi connectivity index (χ0v) is 23.4. The smallest absolute Gasteiger partial charge is 0.254 e. The number of amides is 2. The molecule has 3 fully saturated rings. The molecule has 2 saturated carbocycles. The van der Waals surface area contributed by atoms with Crippen molar-refractivity contribution in [1.82, 2.24) is 9.80 Å². The molecule has 7 heteroatoms. The molecule has 4 aliphatic rings. The van der Waals surface area contributed by atoms with Gasteiger partial charge in [0.2, 0.25) is 0 Å². The summed E-state index contributed by atoms with van der Waals surface area (Å²) < 4.78 is 0. The lowest BCUT2D eigenvalue weighted by Crippen LogP contribution is -2.58. The first-order chi connectivity index (χ1) is 19.5. The minimum atomic E-state index is -1.18. The molecule has 2 aliphatic carbocycles. The Kier molecular flexibility index (Phi) is 7.55. The second-order valence-corrected chi connectivity index (χ2v) is 12.1. The fraction of sp³-hybridized carbons (Fsp3) is 0.545. The first-order valence-corrected chi connectivity index (χ1v) is 15.2. The summed E-state index contributed by atoms with van der Waals surface area (Å²) in [4.78, 5) is 31.7. The molecule has 1 unspecified atom stereocenters. The Labute approximate surface area is 237 Å². The average molecular weight is 541 g/mol. The van der Waals surface area contributed by atoms with Gasteiger partial charge in [-0.3, -0.25) is 9.59 Å². The van der Waals surface area contributed by atoms with Gasteiger partial charge >= 0.3 is 0 Å². The Hall–Kier alpha value is -3.37. The molecule has 1 N–H and O–H groups in total. The van der Waals surface area contributed by atoms with Gasteiger partial charge in [-0.15, -0.1) is 0 Å². The molecule has 2 aliphatic heterocycles. The zero-order chi connectivity index (χ0) is 27.7. The van der Waals surface area contributed by atoms with Crippen LogP contribution < -0.4 is 4.90 Å². The van der Waals surface area contributed by atoms with Gasteiger partial charge < -0.3 is 19.8 Å². The van der Waals surface area contributed by atoms with Gasteiger partial charge in [-0.25, -0.2) is 0 Å². The summed E-state index contributed by atoms with van der Waals surface area (Å²) in [6.45, 7) is 1.87. The van der Waals surface area contributed by atoms with E-state index >= 15 is 0 Å². The van der Waals surface area contributed by atoms with Crippen LogP contribution >= 0.6 is 0 Å². The van der Waals surface area contributed by atoms with Crippen LogP contribution in [0.4, 0.5) is 5.69 Å². The summed E-state index contributed by atoms with van der Waals surface area (Å²) in [5, 5.41) is 20.4. The van der Waals surface area contributed by atoms with Gasteiger partial charge in [0.25, 0.3) is 11.8 Å². The number of hydrogen-bond donors (Lipinski definition) is 1. The molecule has 2 amide bonds. The van der Waals surface area contributed by atoms with E-state index in [2.05, 4.69) is 29.2 Å². The van der Waals surface area contributed by atoms with Gasteiger partial charge in [0.1, 0.15) is 11.6 Å². The number of rotatable bonds is 4. The summed E-state index contributed by atoms with van der Waals surface area (Å²) in [5.41, 5.74) is 4.08. The molecule has 1 saturated heterocycles. The Bertz CT molecular complexity index is 1280. The van der Waals surface area contributed by atoms with Gasteiger partial charge in [-0.2, -0.15) is 5.26 Å². The Morgan fingerprint density at radius 1 is 0.825 bits per heavy atom. The van der Waals surface area contributed by atoms with Gasteiger partial charge in [-0.1, -0.05) is 50.3 Å². The number of hydrogen-bond acceptors (Lipinski definition) is 5. The van der Waals surface area contributed by atoms with E-state index in [0.29, 0.717) is 50.6 Å². The first-order valence-electron chi connectivity index (χ1n) is 15.2. The van der Waals surface area contributed by atoms with Crippen molar-refractivity contribution in [3.05, 3.63) is 53.6 Å². The van der Waals surface area contributed by atoms with Crippen LogP contribution in [0.15, 0.2) is 42.5 Å². The largest absolute Gasteiger partial charge is 0.380 e. The van der Waals surface area contributed by atoms with E-state index in [4.69, 9.17) is 0 Å². The van der Waals surface area contributed by atoms with Crippen molar-refractivity contribution < 1.29 is 14.7 Å². The van der Waals surface area contributed by atoms with Crippen LogP contribution in [0.5, 0.6) is 0 Å². The number of aliphatic hydroxyl groups is 1. The quantitative estimate of drug-likeness (QED) is 0.595. The maximum Gasteiger partial charge on any atom is 0.254 e. The van der Waals surface area contributed by atoms with Crippen LogP contribution in [-0.4, -0.2) is 70.6 Å². The van der Waals surface area contributed by atoms with Gasteiger partial charge in [-0.05, 0) is 73.1 Å². The van der Waals surface area contributed by atoms with Crippen LogP contribution in [0.3, 0.4) is 0 Å². The molecule has 40 heavy (non-hydrogen) atoms. The fourth-order valence-corrected chi connectivity index (χ4v) is 7.05. The number of carbonyl (C=O) groups is 2. The normalized spacial score (nSPS) is 23.0. The van der Waals surface area contributed by atoms with Crippen molar-refractivity contribution in [3.63, 3.8) is 0 Å². The first kappa shape index (κ1) is 26.8. The standard InChI is InChI=1S/C33H40N4O3/c34-23-29-22-27-21-26(13-14-30(27)37(29)28-7-4-2-1-3-5-8-28)24-9-11-25(12-10-24)31(38)35-17-19-36(20-18-35)32(39)33(40)15-6-16-33/h9-14,21,28-29,40H,1-8,15-20,22H2. The Balaban J connectivity index is 1.11. The second kappa shape index (κ2) is 11.2. The maximum atomic E-state index is 13.2. The monoisotopic (exact) mass is 540 g/mol. The number of fused-ring (bicyclic) bond motifs is 1. The highest BCUT2D eigenvalue weighted by Gasteiger charge is 2.45. The lowest BCUT2D eigenvalue weighted by molar-refractivity contribution is -0.161. The predicted octanol–water partition coefficient (Wildman–Crippen LogP) is 4.92. The van der Waals surface area contributed by atoms with Crippen LogP contribution in [0.2, 0.25) is 0 Å². The summed E-state index contributed by atoms with van der Waals surface area (Å²) in [6, 6.07) is 17.3. The topological polar surface area (TPSA) is 87.9 Å². The summed E-state index contributed by atoms with van der Waals surface area (Å²) in [5.74, 6) is -0.208. The molecule has 0 radical (unpaired) electrons. The van der Waals surface area contributed by atoms with Crippen LogP contribution in [-0.2, 0) is 11.2 Å². The maximum absolute atomic E-state index is 13.2. The van der Waals surface area contributed by atoms with Gasteiger partial charge in [0.05, 0.1) is 6.07 Å². The third-order valence-corrected chi connectivity index (χ3v) is 9.62. The highest BCUT2D eigenvalue weighted by Crippen LogP contribution is 2.39. The highest BCUT2D eigenvalue weighted by atomic mass is 16.3. The van der Waals surface area contributed by atoms with Crippen molar-refractivity contribution >= 4 is 17.5 Å². The second-order valence-electron chi connectivity index (χ2n) is 12.1. The van der Waals surface area contributed by atoms with Crippen LogP contribution in [0.25, 0.3) is 11.1 Å². The molecule has 0 aromatic heterocycles. The lowest BCUT2D eigenvalue weighted by Gasteiger charge is -2.42. The Morgan fingerprint density at radius 2 is 1.45 bits per heavy atom. The van der Waals surface area contributed by atoms with E-state index in [9.17, 15) is 20.0 Å². The molecule has 2 aromatic carbocycles. The zero-order valence-electron chi connectivity index (χ0n) is 23.4. The van der Waals surface area contributed by atoms with E-state index in [1.54, 1.807) is 9.80 Å². The summed E-state index contributed by atoms with van der Waals surface area (Å²) in [6.07, 6.45) is 11.5. The third-order valence-electron chi connectivity index (χ3n) is 9.62. The van der Waals surface area contributed by atoms with Crippen molar-refractivity contribution in [2.24, 2.45) is 0 Å². The number of piperazine rings is 1. The molecule has 7 nitrogen and oxygen atoms in total.